The van der Waals surface area contributed by atoms with Gasteiger partial charge in [0, 0.05) is 17.8 Å². The summed E-state index contributed by atoms with van der Waals surface area (Å²) in [7, 11) is 2.01. The van der Waals surface area contributed by atoms with E-state index in [4.69, 9.17) is 5.73 Å². The van der Waals surface area contributed by atoms with Gasteiger partial charge in [-0.2, -0.15) is 0 Å². The van der Waals surface area contributed by atoms with Gasteiger partial charge in [-0.25, -0.2) is 0 Å². The van der Waals surface area contributed by atoms with E-state index in [1.165, 1.54) is 5.56 Å². The first-order valence-corrected chi connectivity index (χ1v) is 5.54. The second-order valence-electron chi connectivity index (χ2n) is 4.96. The lowest BCUT2D eigenvalue weighted by Gasteiger charge is -2.34. The van der Waals surface area contributed by atoms with Crippen molar-refractivity contribution >= 4 is 5.69 Å². The molecule has 1 aromatic carbocycles. The molecule has 0 aromatic heterocycles. The summed E-state index contributed by atoms with van der Waals surface area (Å²) in [5.74, 6) is 0. The fraction of sp³-hybridized carbons (Fsp3) is 0.538. The molecule has 0 saturated heterocycles. The van der Waals surface area contributed by atoms with Crippen LogP contribution in [0.25, 0.3) is 0 Å². The van der Waals surface area contributed by atoms with Gasteiger partial charge in [0.05, 0.1) is 6.61 Å². The van der Waals surface area contributed by atoms with Gasteiger partial charge < -0.3 is 10.8 Å². The van der Waals surface area contributed by atoms with E-state index in [0.29, 0.717) is 0 Å². The summed E-state index contributed by atoms with van der Waals surface area (Å²) in [5.41, 5.74) is 8.83. The van der Waals surface area contributed by atoms with Crippen LogP contribution in [0.1, 0.15) is 25.0 Å². The van der Waals surface area contributed by atoms with E-state index in [1.807, 2.05) is 40.0 Å². The van der Waals surface area contributed by atoms with Crippen LogP contribution in [0.5, 0.6) is 0 Å². The standard InChI is InChI=1S/C13H22N2O/c1-10-11(6-5-7-12(10)14)8-15(4)13(2,3)9-16/h5-7,16H,8-9,14H2,1-4H3. The van der Waals surface area contributed by atoms with Gasteiger partial charge in [-0.1, -0.05) is 12.1 Å². The van der Waals surface area contributed by atoms with Crippen LogP contribution in [-0.2, 0) is 6.54 Å². The van der Waals surface area contributed by atoms with Crippen molar-refractivity contribution in [3.8, 4) is 0 Å². The van der Waals surface area contributed by atoms with E-state index in [2.05, 4.69) is 11.0 Å². The molecule has 0 radical (unpaired) electrons. The molecule has 3 N–H and O–H groups in total. The Balaban J connectivity index is 2.85. The third-order valence-electron chi connectivity index (χ3n) is 3.32. The molecule has 0 fully saturated rings. The summed E-state index contributed by atoms with van der Waals surface area (Å²) in [6.07, 6.45) is 0. The predicted octanol–water partition coefficient (Wildman–Crippen LogP) is 1.78. The lowest BCUT2D eigenvalue weighted by atomic mass is 10.0. The SMILES string of the molecule is Cc1c(N)cccc1CN(C)C(C)(C)CO. The molecule has 0 aliphatic rings. The molecule has 16 heavy (non-hydrogen) atoms. The molecule has 0 aliphatic heterocycles. The average molecular weight is 222 g/mol. The van der Waals surface area contributed by atoms with Gasteiger partial charge >= 0.3 is 0 Å². The van der Waals surface area contributed by atoms with Crippen molar-refractivity contribution in [2.75, 3.05) is 19.4 Å². The number of rotatable bonds is 4. The zero-order valence-corrected chi connectivity index (χ0v) is 10.6. The number of benzene rings is 1. The van der Waals surface area contributed by atoms with E-state index < -0.39 is 0 Å². The predicted molar refractivity (Wildman–Crippen MR) is 68.2 cm³/mol. The van der Waals surface area contributed by atoms with Crippen molar-refractivity contribution in [1.82, 2.24) is 4.90 Å². The number of anilines is 1. The Bertz CT molecular complexity index is 361. The van der Waals surface area contributed by atoms with E-state index >= 15 is 0 Å². The van der Waals surface area contributed by atoms with Crippen LogP contribution in [-0.4, -0.2) is 29.2 Å². The molecule has 0 bridgehead atoms. The van der Waals surface area contributed by atoms with Crippen molar-refractivity contribution in [2.45, 2.75) is 32.9 Å². The minimum Gasteiger partial charge on any atom is -0.399 e. The van der Waals surface area contributed by atoms with E-state index in [1.54, 1.807) is 0 Å². The molecule has 0 spiro atoms. The lowest BCUT2D eigenvalue weighted by molar-refractivity contribution is 0.0733. The van der Waals surface area contributed by atoms with Crippen molar-refractivity contribution < 1.29 is 5.11 Å². The highest BCUT2D eigenvalue weighted by Crippen LogP contribution is 2.20. The first kappa shape index (κ1) is 13.0. The van der Waals surface area contributed by atoms with Crippen LogP contribution in [0.3, 0.4) is 0 Å². The highest BCUT2D eigenvalue weighted by molar-refractivity contribution is 5.49. The largest absolute Gasteiger partial charge is 0.399 e. The first-order chi connectivity index (χ1) is 7.38. The third kappa shape index (κ3) is 2.74. The van der Waals surface area contributed by atoms with Crippen molar-refractivity contribution in [3.05, 3.63) is 29.3 Å². The second kappa shape index (κ2) is 4.85. The molecule has 90 valence electrons. The zero-order valence-electron chi connectivity index (χ0n) is 10.6. The number of hydrogen-bond acceptors (Lipinski definition) is 3. The minimum absolute atomic E-state index is 0.144. The van der Waals surface area contributed by atoms with Gasteiger partial charge in [0.25, 0.3) is 0 Å². The van der Waals surface area contributed by atoms with Gasteiger partial charge in [0.15, 0.2) is 0 Å². The number of hydrogen-bond donors (Lipinski definition) is 2. The van der Waals surface area contributed by atoms with Gasteiger partial charge in [-0.3, -0.25) is 4.90 Å². The number of likely N-dealkylation sites (N-methyl/N-ethyl adjacent to an activating group) is 1. The molecular formula is C13H22N2O. The van der Waals surface area contributed by atoms with Crippen LogP contribution in [0, 0.1) is 6.92 Å². The quantitative estimate of drug-likeness (QED) is 0.763. The zero-order chi connectivity index (χ0) is 12.3. The first-order valence-electron chi connectivity index (χ1n) is 5.54. The number of nitrogen functional groups attached to an aromatic ring is 1. The van der Waals surface area contributed by atoms with Gasteiger partial charge in [0.2, 0.25) is 0 Å². The van der Waals surface area contributed by atoms with Crippen LogP contribution >= 0.6 is 0 Å². The summed E-state index contributed by atoms with van der Waals surface area (Å²) < 4.78 is 0. The molecule has 1 rings (SSSR count). The molecule has 0 saturated carbocycles. The van der Waals surface area contributed by atoms with Crippen molar-refractivity contribution in [3.63, 3.8) is 0 Å². The topological polar surface area (TPSA) is 49.5 Å². The molecule has 0 amide bonds. The Morgan fingerprint density at radius 3 is 2.56 bits per heavy atom. The molecule has 0 aliphatic carbocycles. The maximum Gasteiger partial charge on any atom is 0.0610 e. The smallest absolute Gasteiger partial charge is 0.0610 e. The van der Waals surface area contributed by atoms with E-state index in [0.717, 1.165) is 17.8 Å². The highest BCUT2D eigenvalue weighted by Gasteiger charge is 2.22. The van der Waals surface area contributed by atoms with E-state index in [9.17, 15) is 5.11 Å². The number of aliphatic hydroxyl groups is 1. The van der Waals surface area contributed by atoms with Gasteiger partial charge in [-0.05, 0) is 45.0 Å². The number of nitrogens with zero attached hydrogens (tertiary/aromatic N) is 1. The van der Waals surface area contributed by atoms with Crippen LogP contribution in [0.2, 0.25) is 0 Å². The summed E-state index contributed by atoms with van der Waals surface area (Å²) in [4.78, 5) is 2.13. The van der Waals surface area contributed by atoms with Crippen molar-refractivity contribution in [2.24, 2.45) is 0 Å². The molecule has 0 atom stereocenters. The Labute approximate surface area is 97.9 Å². The van der Waals surface area contributed by atoms with Gasteiger partial charge in [0.1, 0.15) is 0 Å². The molecule has 0 unspecified atom stereocenters. The molecule has 3 heteroatoms. The molecular weight excluding hydrogens is 200 g/mol. The Kier molecular flexibility index (Phi) is 3.94. The Hall–Kier alpha value is -1.06. The number of nitrogens with two attached hydrogens (primary N) is 1. The Morgan fingerprint density at radius 1 is 1.38 bits per heavy atom. The van der Waals surface area contributed by atoms with Gasteiger partial charge in [-0.15, -0.1) is 0 Å². The van der Waals surface area contributed by atoms with Crippen molar-refractivity contribution in [1.29, 1.82) is 0 Å². The summed E-state index contributed by atoms with van der Waals surface area (Å²) in [6.45, 7) is 7.02. The lowest BCUT2D eigenvalue weighted by Crippen LogP contribution is -2.43. The van der Waals surface area contributed by atoms with E-state index in [-0.39, 0.29) is 12.1 Å². The summed E-state index contributed by atoms with van der Waals surface area (Å²) >= 11 is 0. The maximum absolute atomic E-state index is 9.30. The fourth-order valence-electron chi connectivity index (χ4n) is 1.46. The number of aliphatic hydroxyl groups excluding tert-OH is 1. The fourth-order valence-corrected chi connectivity index (χ4v) is 1.46. The maximum atomic E-state index is 9.30. The average Bonchev–Trinajstić information content (AvgIpc) is 2.24. The third-order valence-corrected chi connectivity index (χ3v) is 3.32. The molecule has 1 aromatic rings. The minimum atomic E-state index is -0.211. The molecule has 0 heterocycles. The summed E-state index contributed by atoms with van der Waals surface area (Å²) in [5, 5.41) is 9.30. The highest BCUT2D eigenvalue weighted by atomic mass is 16.3. The second-order valence-corrected chi connectivity index (χ2v) is 4.96. The summed E-state index contributed by atoms with van der Waals surface area (Å²) in [6, 6.07) is 5.96. The van der Waals surface area contributed by atoms with Crippen LogP contribution in [0.15, 0.2) is 18.2 Å². The normalized spacial score (nSPS) is 12.1. The monoisotopic (exact) mass is 222 g/mol. The molecule has 3 nitrogen and oxygen atoms in total. The van der Waals surface area contributed by atoms with Crippen LogP contribution in [0.4, 0.5) is 5.69 Å². The Morgan fingerprint density at radius 2 is 2.00 bits per heavy atom. The van der Waals surface area contributed by atoms with Crippen LogP contribution < -0.4 is 5.73 Å².